The number of hydrogen-bond acceptors (Lipinski definition) is 4. The second kappa shape index (κ2) is 9.43. The maximum Gasteiger partial charge on any atom is 0.307 e. The Bertz CT molecular complexity index is 968. The minimum Gasteiger partial charge on any atom is -0.481 e. The monoisotopic (exact) mass is 439 g/mol. The van der Waals surface area contributed by atoms with Crippen molar-refractivity contribution in [3.8, 4) is 0 Å². The lowest BCUT2D eigenvalue weighted by Crippen LogP contribution is -2.46. The van der Waals surface area contributed by atoms with Crippen molar-refractivity contribution in [3.63, 3.8) is 0 Å². The number of nitrogens with zero attached hydrogens (tertiary/aromatic N) is 2. The molecule has 2 aliphatic rings. The normalized spacial score (nSPS) is 21.1. The van der Waals surface area contributed by atoms with Crippen molar-refractivity contribution in [2.24, 2.45) is 11.8 Å². The molecule has 2 N–H and O–H groups in total. The van der Waals surface area contributed by atoms with Gasteiger partial charge in [-0.3, -0.25) is 9.59 Å². The van der Waals surface area contributed by atoms with E-state index < -0.39 is 17.8 Å². The van der Waals surface area contributed by atoms with E-state index in [4.69, 9.17) is 11.6 Å². The predicted octanol–water partition coefficient (Wildman–Crippen LogP) is 4.27. The highest BCUT2D eigenvalue weighted by Crippen LogP contribution is 2.28. The first-order valence-electron chi connectivity index (χ1n) is 10.6. The first-order chi connectivity index (χ1) is 15.0. The Labute approximate surface area is 187 Å². The number of rotatable bonds is 5. The number of carbonyl (C=O) groups is 2. The molecule has 2 aromatic rings. The van der Waals surface area contributed by atoms with Gasteiger partial charge >= 0.3 is 5.97 Å². The number of aliphatic carboxylic acids is 1. The van der Waals surface area contributed by atoms with Crippen LogP contribution in [0.15, 0.2) is 60.7 Å². The molecule has 0 aromatic heterocycles. The van der Waals surface area contributed by atoms with Gasteiger partial charge in [0.2, 0.25) is 5.91 Å². The van der Waals surface area contributed by atoms with Crippen molar-refractivity contribution in [1.29, 1.82) is 0 Å². The molecule has 0 unspecified atom stereocenters. The smallest absolute Gasteiger partial charge is 0.307 e. The van der Waals surface area contributed by atoms with Crippen LogP contribution in [0.3, 0.4) is 0 Å². The maximum absolute atomic E-state index is 12.6. The number of benzene rings is 2. The second-order valence-corrected chi connectivity index (χ2v) is 8.42. The molecule has 31 heavy (non-hydrogen) atoms. The molecule has 1 aliphatic carbocycles. The minimum absolute atomic E-state index is 0.236. The summed E-state index contributed by atoms with van der Waals surface area (Å²) in [7, 11) is 0. The van der Waals surface area contributed by atoms with Crippen molar-refractivity contribution in [3.05, 3.63) is 65.7 Å². The summed E-state index contributed by atoms with van der Waals surface area (Å²) >= 11 is 6.11. The lowest BCUT2D eigenvalue weighted by atomic mass is 9.82. The molecule has 6 nitrogen and oxygen atoms in total. The highest BCUT2D eigenvalue weighted by Gasteiger charge is 2.34. The standard InChI is InChI=1S/C24H26ClN3O3/c25-17-4-3-5-20(16-17)28-14-12-27(13-15-28)19-10-8-18(9-11-19)26-23(29)21-6-1-2-7-22(21)24(30)31/h1-5,8-11,16,21-22H,6-7,12-15H2,(H,26,29)(H,30,31)/t21-,22+/m0/s1. The summed E-state index contributed by atoms with van der Waals surface area (Å²) in [6.45, 7) is 3.61. The SMILES string of the molecule is O=C(Nc1ccc(N2CCN(c3cccc(Cl)c3)CC2)cc1)[C@H]1CC=CC[C@H]1C(=O)O. The lowest BCUT2D eigenvalue weighted by Gasteiger charge is -2.37. The van der Waals surface area contributed by atoms with Gasteiger partial charge in [-0.25, -0.2) is 0 Å². The predicted molar refractivity (Wildman–Crippen MR) is 124 cm³/mol. The number of halogens is 1. The number of anilines is 3. The Kier molecular flexibility index (Phi) is 6.47. The molecular formula is C24H26ClN3O3. The van der Waals surface area contributed by atoms with Gasteiger partial charge in [0, 0.05) is 48.3 Å². The molecule has 4 rings (SSSR count). The van der Waals surface area contributed by atoms with E-state index in [1.165, 1.54) is 0 Å². The summed E-state index contributed by atoms with van der Waals surface area (Å²) in [6, 6.07) is 15.7. The van der Waals surface area contributed by atoms with Gasteiger partial charge in [-0.05, 0) is 55.3 Å². The number of carboxylic acid groups (broad SMARTS) is 1. The van der Waals surface area contributed by atoms with Gasteiger partial charge in [0.15, 0.2) is 0 Å². The molecule has 0 spiro atoms. The van der Waals surface area contributed by atoms with Gasteiger partial charge in [0.1, 0.15) is 0 Å². The fourth-order valence-corrected chi connectivity index (χ4v) is 4.45. The van der Waals surface area contributed by atoms with Crippen LogP contribution in [0.4, 0.5) is 17.1 Å². The minimum atomic E-state index is -0.920. The zero-order chi connectivity index (χ0) is 21.8. The van der Waals surface area contributed by atoms with Gasteiger partial charge in [-0.15, -0.1) is 0 Å². The molecule has 1 fully saturated rings. The molecule has 1 heterocycles. The van der Waals surface area contributed by atoms with Crippen LogP contribution in [-0.2, 0) is 9.59 Å². The molecule has 1 amide bonds. The lowest BCUT2D eigenvalue weighted by molar-refractivity contribution is -0.146. The average molecular weight is 440 g/mol. The highest BCUT2D eigenvalue weighted by atomic mass is 35.5. The number of hydrogen-bond donors (Lipinski definition) is 2. The van der Waals surface area contributed by atoms with E-state index in [9.17, 15) is 14.7 Å². The van der Waals surface area contributed by atoms with Gasteiger partial charge in [0.25, 0.3) is 0 Å². The molecule has 2 atom stereocenters. The summed E-state index contributed by atoms with van der Waals surface area (Å²) in [4.78, 5) is 28.7. The average Bonchev–Trinajstić information content (AvgIpc) is 2.79. The van der Waals surface area contributed by atoms with Crippen LogP contribution >= 0.6 is 11.6 Å². The highest BCUT2D eigenvalue weighted by molar-refractivity contribution is 6.30. The zero-order valence-electron chi connectivity index (χ0n) is 17.2. The number of amides is 1. The number of nitrogens with one attached hydrogen (secondary N) is 1. The molecule has 0 radical (unpaired) electrons. The fourth-order valence-electron chi connectivity index (χ4n) is 4.26. The van der Waals surface area contributed by atoms with E-state index >= 15 is 0 Å². The summed E-state index contributed by atoms with van der Waals surface area (Å²) in [6.07, 6.45) is 4.57. The second-order valence-electron chi connectivity index (χ2n) is 7.98. The third-order valence-electron chi connectivity index (χ3n) is 6.04. The van der Waals surface area contributed by atoms with E-state index in [-0.39, 0.29) is 5.91 Å². The quantitative estimate of drug-likeness (QED) is 0.680. The van der Waals surface area contributed by atoms with E-state index in [1.807, 2.05) is 54.6 Å². The van der Waals surface area contributed by atoms with Crippen molar-refractivity contribution in [2.75, 3.05) is 41.3 Å². The Hall–Kier alpha value is -2.99. The van der Waals surface area contributed by atoms with Crippen LogP contribution in [-0.4, -0.2) is 43.2 Å². The Morgan fingerprint density at radius 1 is 0.871 bits per heavy atom. The first-order valence-corrected chi connectivity index (χ1v) is 10.9. The van der Waals surface area contributed by atoms with Crippen molar-refractivity contribution >= 4 is 40.5 Å². The topological polar surface area (TPSA) is 72.9 Å². The van der Waals surface area contributed by atoms with E-state index in [1.54, 1.807) is 0 Å². The van der Waals surface area contributed by atoms with Gasteiger partial charge in [-0.1, -0.05) is 29.8 Å². The van der Waals surface area contributed by atoms with Crippen LogP contribution < -0.4 is 15.1 Å². The molecular weight excluding hydrogens is 414 g/mol. The molecule has 7 heteroatoms. The third kappa shape index (κ3) is 5.02. The number of allylic oxidation sites excluding steroid dienone is 2. The summed E-state index contributed by atoms with van der Waals surface area (Å²) in [5, 5.41) is 13.0. The van der Waals surface area contributed by atoms with Gasteiger partial charge in [-0.2, -0.15) is 0 Å². The zero-order valence-corrected chi connectivity index (χ0v) is 18.0. The summed E-state index contributed by atoms with van der Waals surface area (Å²) in [5.74, 6) is -2.36. The Morgan fingerprint density at radius 3 is 2.10 bits per heavy atom. The molecule has 1 saturated heterocycles. The molecule has 1 aliphatic heterocycles. The number of carboxylic acids is 1. The fraction of sp³-hybridized carbons (Fsp3) is 0.333. The molecule has 0 bridgehead atoms. The van der Waals surface area contributed by atoms with E-state index in [2.05, 4.69) is 21.2 Å². The van der Waals surface area contributed by atoms with Gasteiger partial charge in [0.05, 0.1) is 11.8 Å². The molecule has 2 aromatic carbocycles. The van der Waals surface area contributed by atoms with E-state index in [0.717, 1.165) is 42.6 Å². The van der Waals surface area contributed by atoms with Crippen LogP contribution in [0.5, 0.6) is 0 Å². The van der Waals surface area contributed by atoms with Crippen molar-refractivity contribution in [1.82, 2.24) is 0 Å². The Morgan fingerprint density at radius 2 is 1.48 bits per heavy atom. The first kappa shape index (κ1) is 21.2. The third-order valence-corrected chi connectivity index (χ3v) is 6.27. The number of piperazine rings is 1. The van der Waals surface area contributed by atoms with Crippen LogP contribution in [0.2, 0.25) is 5.02 Å². The maximum atomic E-state index is 12.6. The molecule has 0 saturated carbocycles. The van der Waals surface area contributed by atoms with Crippen molar-refractivity contribution < 1.29 is 14.7 Å². The van der Waals surface area contributed by atoms with E-state index in [0.29, 0.717) is 18.5 Å². The largest absolute Gasteiger partial charge is 0.481 e. The molecule has 162 valence electrons. The van der Waals surface area contributed by atoms with Crippen molar-refractivity contribution in [2.45, 2.75) is 12.8 Å². The van der Waals surface area contributed by atoms with Crippen LogP contribution in [0.25, 0.3) is 0 Å². The Balaban J connectivity index is 1.34. The van der Waals surface area contributed by atoms with Gasteiger partial charge < -0.3 is 20.2 Å². The summed E-state index contributed by atoms with van der Waals surface area (Å²) in [5.41, 5.74) is 2.93. The number of carbonyl (C=O) groups excluding carboxylic acids is 1. The summed E-state index contributed by atoms with van der Waals surface area (Å²) < 4.78 is 0. The van der Waals surface area contributed by atoms with Crippen LogP contribution in [0.1, 0.15) is 12.8 Å². The van der Waals surface area contributed by atoms with Crippen LogP contribution in [0, 0.1) is 11.8 Å².